The van der Waals surface area contributed by atoms with Crippen LogP contribution in [-0.4, -0.2) is 19.5 Å². The van der Waals surface area contributed by atoms with Crippen LogP contribution in [0.4, 0.5) is 0 Å². The third-order valence-electron chi connectivity index (χ3n) is 6.30. The van der Waals surface area contributed by atoms with Gasteiger partial charge in [-0.15, -0.1) is 0 Å². The molecule has 0 unspecified atom stereocenters. The minimum atomic E-state index is -0.00130. The van der Waals surface area contributed by atoms with Gasteiger partial charge in [0, 0.05) is 17.8 Å². The Morgan fingerprint density at radius 3 is 1.85 bits per heavy atom. The first-order chi connectivity index (χ1) is 12.8. The van der Waals surface area contributed by atoms with Gasteiger partial charge in [-0.05, 0) is 32.1 Å². The highest BCUT2D eigenvalue weighted by molar-refractivity contribution is 4.88. The van der Waals surface area contributed by atoms with Crippen LogP contribution in [0.15, 0.2) is 0 Å². The van der Waals surface area contributed by atoms with Crippen molar-refractivity contribution in [2.24, 2.45) is 17.8 Å². The van der Waals surface area contributed by atoms with E-state index >= 15 is 0 Å². The Balaban J connectivity index is 1.42. The summed E-state index contributed by atoms with van der Waals surface area (Å²) in [6, 6.07) is 2.41. The molecule has 0 aromatic carbocycles. The largest absolute Gasteiger partial charge is 0.352 e. The Kier molecular flexibility index (Phi) is 11.3. The van der Waals surface area contributed by atoms with Gasteiger partial charge >= 0.3 is 0 Å². The minimum absolute atomic E-state index is 0.00130. The molecule has 1 saturated heterocycles. The van der Waals surface area contributed by atoms with E-state index in [2.05, 4.69) is 13.0 Å². The van der Waals surface area contributed by atoms with Gasteiger partial charge in [0.2, 0.25) is 0 Å². The monoisotopic (exact) mass is 363 g/mol. The molecular weight excluding hydrogens is 322 g/mol. The van der Waals surface area contributed by atoms with Gasteiger partial charge in [-0.1, -0.05) is 71.1 Å². The van der Waals surface area contributed by atoms with Gasteiger partial charge in [0.05, 0.1) is 19.3 Å². The van der Waals surface area contributed by atoms with Gasteiger partial charge in [-0.3, -0.25) is 0 Å². The van der Waals surface area contributed by atoms with Crippen molar-refractivity contribution in [2.75, 3.05) is 13.2 Å². The van der Waals surface area contributed by atoms with E-state index in [-0.39, 0.29) is 12.2 Å². The van der Waals surface area contributed by atoms with Crippen LogP contribution in [0.1, 0.15) is 103 Å². The molecular formula is C23H41NO2. The summed E-state index contributed by atoms with van der Waals surface area (Å²) in [7, 11) is 0. The fourth-order valence-electron chi connectivity index (χ4n) is 4.44. The molecule has 1 saturated carbocycles. The van der Waals surface area contributed by atoms with E-state index in [1.807, 2.05) is 0 Å². The summed E-state index contributed by atoms with van der Waals surface area (Å²) in [5, 5.41) is 9.00. The van der Waals surface area contributed by atoms with E-state index < -0.39 is 0 Å². The average Bonchev–Trinajstić information content (AvgIpc) is 2.70. The normalized spacial score (nSPS) is 29.4. The summed E-state index contributed by atoms with van der Waals surface area (Å²) in [6.07, 6.45) is 19.5. The van der Waals surface area contributed by atoms with E-state index in [1.54, 1.807) is 0 Å². The Hall–Kier alpha value is -0.590. The molecule has 0 amide bonds. The first-order valence-electron chi connectivity index (χ1n) is 11.5. The van der Waals surface area contributed by atoms with Gasteiger partial charge < -0.3 is 9.47 Å². The second-order valence-corrected chi connectivity index (χ2v) is 8.61. The van der Waals surface area contributed by atoms with Gasteiger partial charge in [0.25, 0.3) is 0 Å². The lowest BCUT2D eigenvalue weighted by Gasteiger charge is -2.36. The van der Waals surface area contributed by atoms with E-state index in [4.69, 9.17) is 14.7 Å². The fourth-order valence-corrected chi connectivity index (χ4v) is 4.44. The van der Waals surface area contributed by atoms with E-state index in [0.717, 1.165) is 38.9 Å². The summed E-state index contributed by atoms with van der Waals surface area (Å²) >= 11 is 0. The molecule has 0 radical (unpaired) electrons. The molecule has 0 atom stereocenters. The van der Waals surface area contributed by atoms with Crippen molar-refractivity contribution in [1.29, 1.82) is 5.26 Å². The molecule has 0 aromatic rings. The third kappa shape index (κ3) is 8.40. The Bertz CT molecular complexity index is 376. The highest BCUT2D eigenvalue weighted by Gasteiger charge is 2.32. The zero-order valence-corrected chi connectivity index (χ0v) is 17.1. The van der Waals surface area contributed by atoms with Crippen LogP contribution in [0.2, 0.25) is 0 Å². The van der Waals surface area contributed by atoms with Crippen molar-refractivity contribution in [3.63, 3.8) is 0 Å². The third-order valence-corrected chi connectivity index (χ3v) is 6.30. The number of hydrogen-bond acceptors (Lipinski definition) is 3. The van der Waals surface area contributed by atoms with Gasteiger partial charge in [0.1, 0.15) is 0 Å². The van der Waals surface area contributed by atoms with Crippen molar-refractivity contribution < 1.29 is 9.47 Å². The highest BCUT2D eigenvalue weighted by Crippen LogP contribution is 2.34. The molecule has 150 valence electrons. The SMILES string of the molecule is CCCCCCCCCCCC[C@H]1CO[C@H]([C@H]2CC[C@H](C#N)CC2)OC1. The predicted molar refractivity (Wildman–Crippen MR) is 107 cm³/mol. The number of nitrogens with zero attached hydrogens (tertiary/aromatic N) is 1. The molecule has 0 N–H and O–H groups in total. The first-order valence-corrected chi connectivity index (χ1v) is 11.5. The van der Waals surface area contributed by atoms with E-state index in [0.29, 0.717) is 11.8 Å². The van der Waals surface area contributed by atoms with E-state index in [9.17, 15) is 0 Å². The van der Waals surface area contributed by atoms with Crippen LogP contribution in [0.3, 0.4) is 0 Å². The second-order valence-electron chi connectivity index (χ2n) is 8.61. The number of nitriles is 1. The zero-order chi connectivity index (χ0) is 18.5. The van der Waals surface area contributed by atoms with Crippen molar-refractivity contribution in [1.82, 2.24) is 0 Å². The topological polar surface area (TPSA) is 42.2 Å². The maximum Gasteiger partial charge on any atom is 0.160 e. The fraction of sp³-hybridized carbons (Fsp3) is 0.957. The Morgan fingerprint density at radius 2 is 1.31 bits per heavy atom. The smallest absolute Gasteiger partial charge is 0.160 e. The molecule has 2 fully saturated rings. The number of hydrogen-bond donors (Lipinski definition) is 0. The van der Waals surface area contributed by atoms with Crippen LogP contribution in [0, 0.1) is 29.1 Å². The van der Waals surface area contributed by atoms with Crippen LogP contribution in [0.25, 0.3) is 0 Å². The first kappa shape index (κ1) is 21.7. The molecule has 1 heterocycles. The summed E-state index contributed by atoms with van der Waals surface area (Å²) in [5.41, 5.74) is 0. The lowest BCUT2D eigenvalue weighted by molar-refractivity contribution is -0.229. The average molecular weight is 364 g/mol. The summed E-state index contributed by atoms with van der Waals surface area (Å²) in [6.45, 7) is 4.03. The lowest BCUT2D eigenvalue weighted by Crippen LogP contribution is -2.38. The van der Waals surface area contributed by atoms with Gasteiger partial charge in [-0.25, -0.2) is 0 Å². The highest BCUT2D eigenvalue weighted by atomic mass is 16.7. The molecule has 0 aromatic heterocycles. The van der Waals surface area contributed by atoms with Crippen molar-refractivity contribution in [3.05, 3.63) is 0 Å². The molecule has 0 bridgehead atoms. The molecule has 2 aliphatic rings. The lowest BCUT2D eigenvalue weighted by atomic mass is 9.82. The molecule has 3 heteroatoms. The number of rotatable bonds is 12. The molecule has 1 aliphatic carbocycles. The van der Waals surface area contributed by atoms with Crippen molar-refractivity contribution in [3.8, 4) is 6.07 Å². The van der Waals surface area contributed by atoms with Crippen LogP contribution in [-0.2, 0) is 9.47 Å². The second kappa shape index (κ2) is 13.6. The maximum atomic E-state index is 9.00. The standard InChI is InChI=1S/C23H41NO2/c1-2-3-4-5-6-7-8-9-10-11-12-21-18-25-23(26-19-21)22-15-13-20(17-24)14-16-22/h20-23H,2-16,18-19H2,1H3/t20-,21-,22-,23-. The van der Waals surface area contributed by atoms with Crippen molar-refractivity contribution >= 4 is 0 Å². The Labute approximate surface area is 161 Å². The molecule has 3 nitrogen and oxygen atoms in total. The molecule has 2 rings (SSSR count). The molecule has 1 aliphatic heterocycles. The van der Waals surface area contributed by atoms with Crippen LogP contribution in [0.5, 0.6) is 0 Å². The summed E-state index contributed by atoms with van der Waals surface area (Å²) < 4.78 is 12.1. The zero-order valence-electron chi connectivity index (χ0n) is 17.1. The predicted octanol–water partition coefficient (Wildman–Crippen LogP) is 6.62. The Morgan fingerprint density at radius 1 is 0.769 bits per heavy atom. The summed E-state index contributed by atoms with van der Waals surface area (Å²) in [4.78, 5) is 0. The van der Waals surface area contributed by atoms with Crippen LogP contribution >= 0.6 is 0 Å². The number of ether oxygens (including phenoxy) is 2. The molecule has 0 spiro atoms. The van der Waals surface area contributed by atoms with Gasteiger partial charge in [0.15, 0.2) is 6.29 Å². The molecule has 26 heavy (non-hydrogen) atoms. The quantitative estimate of drug-likeness (QED) is 0.366. The number of unbranched alkanes of at least 4 members (excludes halogenated alkanes) is 9. The maximum absolute atomic E-state index is 9.00. The minimum Gasteiger partial charge on any atom is -0.352 e. The van der Waals surface area contributed by atoms with Gasteiger partial charge in [-0.2, -0.15) is 5.26 Å². The summed E-state index contributed by atoms with van der Waals surface area (Å²) in [5.74, 6) is 1.37. The van der Waals surface area contributed by atoms with Crippen molar-refractivity contribution in [2.45, 2.75) is 110 Å². The van der Waals surface area contributed by atoms with Crippen LogP contribution < -0.4 is 0 Å². The van der Waals surface area contributed by atoms with E-state index in [1.165, 1.54) is 70.6 Å².